The zero-order valence-electron chi connectivity index (χ0n) is 11.4. The molecule has 0 aromatic carbocycles. The Labute approximate surface area is 109 Å². The molecular weight excluding hydrogens is 256 g/mol. The van der Waals surface area contributed by atoms with Crippen LogP contribution in [0, 0.1) is 0 Å². The number of carbonyl (C=O) groups is 1. The molecule has 1 heterocycles. The van der Waals surface area contributed by atoms with Crippen molar-refractivity contribution in [2.45, 2.75) is 45.3 Å². The summed E-state index contributed by atoms with van der Waals surface area (Å²) in [5.74, 6) is 0. The first kappa shape index (κ1) is 15.2. The maximum absolute atomic E-state index is 11.9. The van der Waals surface area contributed by atoms with Gasteiger partial charge < -0.3 is 9.64 Å². The van der Waals surface area contributed by atoms with Crippen LogP contribution in [0.5, 0.6) is 0 Å². The van der Waals surface area contributed by atoms with Crippen LogP contribution in [0.15, 0.2) is 0 Å². The fourth-order valence-electron chi connectivity index (χ4n) is 1.86. The number of amides is 1. The molecule has 1 aliphatic heterocycles. The number of hydrogen-bond acceptors (Lipinski definition) is 4. The lowest BCUT2D eigenvalue weighted by Gasteiger charge is -2.28. The number of ether oxygens (including phenoxy) is 1. The molecule has 0 bridgehead atoms. The fraction of sp³-hybridized carbons (Fsp3) is 0.909. The minimum atomic E-state index is -3.22. The predicted octanol–water partition coefficient (Wildman–Crippen LogP) is 0.935. The van der Waals surface area contributed by atoms with Crippen molar-refractivity contribution < 1.29 is 17.9 Å². The number of nitrogens with zero attached hydrogens (tertiary/aromatic N) is 1. The highest BCUT2D eigenvalue weighted by Gasteiger charge is 2.32. The van der Waals surface area contributed by atoms with Gasteiger partial charge in [-0.05, 0) is 33.6 Å². The van der Waals surface area contributed by atoms with E-state index in [4.69, 9.17) is 4.74 Å². The van der Waals surface area contributed by atoms with Crippen LogP contribution < -0.4 is 4.72 Å². The second kappa shape index (κ2) is 5.44. The molecule has 1 rings (SSSR count). The summed E-state index contributed by atoms with van der Waals surface area (Å²) >= 11 is 0. The molecule has 0 aromatic heterocycles. The van der Waals surface area contributed by atoms with E-state index in [1.54, 1.807) is 4.90 Å². The average Bonchev–Trinajstić information content (AvgIpc) is 2.58. The highest BCUT2D eigenvalue weighted by Crippen LogP contribution is 2.20. The largest absolute Gasteiger partial charge is 0.444 e. The van der Waals surface area contributed by atoms with Crippen LogP contribution in [0.2, 0.25) is 0 Å². The Hall–Kier alpha value is -0.820. The monoisotopic (exact) mass is 278 g/mol. The lowest BCUT2D eigenvalue weighted by Crippen LogP contribution is -2.44. The standard InChI is InChI=1S/C11H22N2O4S/c1-11(2,3)17-10(14)13-7-5-6-9(13)8-12-18(4,15)16/h9,12H,5-8H2,1-4H3/t9-/m1/s1. The van der Waals surface area contributed by atoms with Gasteiger partial charge in [0, 0.05) is 19.1 Å². The number of hydrogen-bond donors (Lipinski definition) is 1. The third-order valence-corrected chi connectivity index (χ3v) is 3.28. The van der Waals surface area contributed by atoms with Gasteiger partial charge in [-0.3, -0.25) is 0 Å². The van der Waals surface area contributed by atoms with Gasteiger partial charge in [-0.25, -0.2) is 17.9 Å². The van der Waals surface area contributed by atoms with Crippen LogP contribution in [-0.4, -0.2) is 50.4 Å². The van der Waals surface area contributed by atoms with Crippen LogP contribution in [0.4, 0.5) is 4.79 Å². The topological polar surface area (TPSA) is 75.7 Å². The summed E-state index contributed by atoms with van der Waals surface area (Å²) in [5.41, 5.74) is -0.533. The van der Waals surface area contributed by atoms with Gasteiger partial charge in [0.25, 0.3) is 0 Å². The van der Waals surface area contributed by atoms with Crippen molar-refractivity contribution in [3.05, 3.63) is 0 Å². The van der Waals surface area contributed by atoms with Crippen molar-refractivity contribution >= 4 is 16.1 Å². The molecule has 6 nitrogen and oxygen atoms in total. The SMILES string of the molecule is CC(C)(C)OC(=O)N1CCC[C@@H]1CNS(C)(=O)=O. The van der Waals surface area contributed by atoms with Gasteiger partial charge in [-0.15, -0.1) is 0 Å². The molecule has 7 heteroatoms. The Morgan fingerprint density at radius 3 is 2.56 bits per heavy atom. The third-order valence-electron chi connectivity index (χ3n) is 2.59. The van der Waals surface area contributed by atoms with E-state index < -0.39 is 15.6 Å². The minimum absolute atomic E-state index is 0.116. The highest BCUT2D eigenvalue weighted by atomic mass is 32.2. The van der Waals surface area contributed by atoms with Crippen molar-refractivity contribution in [3.8, 4) is 0 Å². The molecule has 0 aromatic rings. The van der Waals surface area contributed by atoms with E-state index >= 15 is 0 Å². The Bertz CT molecular complexity index is 400. The van der Waals surface area contributed by atoms with E-state index in [-0.39, 0.29) is 18.7 Å². The van der Waals surface area contributed by atoms with Crippen molar-refractivity contribution in [1.29, 1.82) is 0 Å². The van der Waals surface area contributed by atoms with E-state index in [2.05, 4.69) is 4.72 Å². The van der Waals surface area contributed by atoms with E-state index in [0.29, 0.717) is 6.54 Å². The molecule has 0 radical (unpaired) electrons. The molecule has 0 spiro atoms. The Morgan fingerprint density at radius 2 is 2.06 bits per heavy atom. The summed E-state index contributed by atoms with van der Waals surface area (Å²) < 4.78 is 29.8. The third kappa shape index (κ3) is 5.22. The van der Waals surface area contributed by atoms with Crippen LogP contribution in [0.25, 0.3) is 0 Å². The molecule has 1 amide bonds. The van der Waals surface area contributed by atoms with Gasteiger partial charge in [0.15, 0.2) is 0 Å². The van der Waals surface area contributed by atoms with E-state index in [0.717, 1.165) is 19.1 Å². The van der Waals surface area contributed by atoms with Gasteiger partial charge >= 0.3 is 6.09 Å². The van der Waals surface area contributed by atoms with E-state index in [1.165, 1.54) is 0 Å². The van der Waals surface area contributed by atoms with Gasteiger partial charge in [0.05, 0.1) is 6.26 Å². The molecule has 1 saturated heterocycles. The second-order valence-corrected chi connectivity index (χ2v) is 7.42. The summed E-state index contributed by atoms with van der Waals surface area (Å²) in [6, 6.07) is -0.116. The summed E-state index contributed by atoms with van der Waals surface area (Å²) in [6.45, 7) is 6.29. The zero-order chi connectivity index (χ0) is 14.0. The maximum atomic E-state index is 11.9. The molecule has 1 N–H and O–H groups in total. The molecule has 1 aliphatic rings. The first-order valence-electron chi connectivity index (χ1n) is 6.03. The molecule has 1 atom stereocenters. The van der Waals surface area contributed by atoms with Crippen LogP contribution in [0.1, 0.15) is 33.6 Å². The first-order chi connectivity index (χ1) is 8.08. The van der Waals surface area contributed by atoms with Crippen molar-refractivity contribution in [3.63, 3.8) is 0 Å². The van der Waals surface area contributed by atoms with Crippen LogP contribution in [-0.2, 0) is 14.8 Å². The second-order valence-electron chi connectivity index (χ2n) is 5.59. The van der Waals surface area contributed by atoms with Gasteiger partial charge in [0.1, 0.15) is 5.60 Å². The smallest absolute Gasteiger partial charge is 0.410 e. The van der Waals surface area contributed by atoms with Crippen LogP contribution in [0.3, 0.4) is 0 Å². The molecular formula is C11H22N2O4S. The normalized spacial score (nSPS) is 21.1. The Morgan fingerprint density at radius 1 is 1.44 bits per heavy atom. The summed E-state index contributed by atoms with van der Waals surface area (Å²) in [6.07, 6.45) is 2.40. The van der Waals surface area contributed by atoms with Crippen molar-refractivity contribution in [1.82, 2.24) is 9.62 Å². The fourth-order valence-corrected chi connectivity index (χ4v) is 2.35. The molecule has 0 unspecified atom stereocenters. The van der Waals surface area contributed by atoms with E-state index in [9.17, 15) is 13.2 Å². The predicted molar refractivity (Wildman–Crippen MR) is 68.8 cm³/mol. The molecule has 106 valence electrons. The minimum Gasteiger partial charge on any atom is -0.444 e. The Balaban J connectivity index is 2.57. The zero-order valence-corrected chi connectivity index (χ0v) is 12.2. The number of sulfonamides is 1. The Kier molecular flexibility index (Phi) is 4.61. The number of rotatable bonds is 3. The average molecular weight is 278 g/mol. The van der Waals surface area contributed by atoms with E-state index in [1.807, 2.05) is 20.8 Å². The number of likely N-dealkylation sites (tertiary alicyclic amines) is 1. The molecule has 1 fully saturated rings. The first-order valence-corrected chi connectivity index (χ1v) is 7.92. The van der Waals surface area contributed by atoms with Crippen LogP contribution >= 0.6 is 0 Å². The number of carbonyl (C=O) groups excluding carboxylic acids is 1. The summed E-state index contributed by atoms with van der Waals surface area (Å²) in [7, 11) is -3.22. The number of nitrogens with one attached hydrogen (secondary N) is 1. The van der Waals surface area contributed by atoms with Gasteiger partial charge in [0.2, 0.25) is 10.0 Å². The maximum Gasteiger partial charge on any atom is 0.410 e. The molecule has 18 heavy (non-hydrogen) atoms. The van der Waals surface area contributed by atoms with Crippen molar-refractivity contribution in [2.24, 2.45) is 0 Å². The van der Waals surface area contributed by atoms with Crippen molar-refractivity contribution in [2.75, 3.05) is 19.3 Å². The lowest BCUT2D eigenvalue weighted by molar-refractivity contribution is 0.0230. The quantitative estimate of drug-likeness (QED) is 0.833. The molecule has 0 aliphatic carbocycles. The summed E-state index contributed by atoms with van der Waals surface area (Å²) in [5, 5.41) is 0. The summed E-state index contributed by atoms with van der Waals surface area (Å²) in [4.78, 5) is 13.5. The molecule has 0 saturated carbocycles. The van der Waals surface area contributed by atoms with Gasteiger partial charge in [-0.2, -0.15) is 0 Å². The van der Waals surface area contributed by atoms with Gasteiger partial charge in [-0.1, -0.05) is 0 Å². The lowest BCUT2D eigenvalue weighted by atomic mass is 10.2. The highest BCUT2D eigenvalue weighted by molar-refractivity contribution is 7.88.